The number of urea groups is 1. The van der Waals surface area contributed by atoms with Gasteiger partial charge in [0.25, 0.3) is 5.91 Å². The van der Waals surface area contributed by atoms with E-state index >= 15 is 0 Å². The molecule has 2 aromatic rings. The topological polar surface area (TPSA) is 93.0 Å². The molecule has 1 spiro atoms. The fraction of sp³-hybridized carbons (Fsp3) is 0.400. The van der Waals surface area contributed by atoms with Crippen molar-refractivity contribution < 1.29 is 9.59 Å². The standard InChI is InChI=1S/C15H16N6O2/c22-13-15(8-4-5-9-15)16-14(23)20(13)10-12-17-18-19-21(12)11-6-2-1-3-7-11/h1-3,6-7H,4-5,8-10H2,(H,16,23). The van der Waals surface area contributed by atoms with Crippen molar-refractivity contribution in [3.63, 3.8) is 0 Å². The molecule has 2 aliphatic rings. The lowest BCUT2D eigenvalue weighted by molar-refractivity contribution is -0.131. The largest absolute Gasteiger partial charge is 0.325 e. The average Bonchev–Trinajstić information content (AvgIpc) is 3.26. The number of para-hydroxylation sites is 1. The van der Waals surface area contributed by atoms with Crippen molar-refractivity contribution in [1.82, 2.24) is 30.4 Å². The van der Waals surface area contributed by atoms with Crippen molar-refractivity contribution in [2.45, 2.75) is 37.8 Å². The second kappa shape index (κ2) is 5.15. The van der Waals surface area contributed by atoms with Crippen LogP contribution in [-0.2, 0) is 11.3 Å². The summed E-state index contributed by atoms with van der Waals surface area (Å²) >= 11 is 0. The summed E-state index contributed by atoms with van der Waals surface area (Å²) < 4.78 is 1.54. The summed E-state index contributed by atoms with van der Waals surface area (Å²) in [5.74, 6) is 0.289. The van der Waals surface area contributed by atoms with Gasteiger partial charge in [0.05, 0.1) is 12.2 Å². The second-order valence-electron chi connectivity index (χ2n) is 5.95. The average molecular weight is 312 g/mol. The van der Waals surface area contributed by atoms with E-state index in [9.17, 15) is 9.59 Å². The Hall–Kier alpha value is -2.77. The quantitative estimate of drug-likeness (QED) is 0.854. The van der Waals surface area contributed by atoms with E-state index in [1.807, 2.05) is 30.3 Å². The summed E-state index contributed by atoms with van der Waals surface area (Å²) in [6.07, 6.45) is 3.33. The highest BCUT2D eigenvalue weighted by atomic mass is 16.2. The van der Waals surface area contributed by atoms with Crippen LogP contribution < -0.4 is 5.32 Å². The van der Waals surface area contributed by atoms with Gasteiger partial charge < -0.3 is 5.32 Å². The molecule has 8 nitrogen and oxygen atoms in total. The van der Waals surface area contributed by atoms with Crippen molar-refractivity contribution >= 4 is 11.9 Å². The van der Waals surface area contributed by atoms with Crippen LogP contribution in [0.15, 0.2) is 30.3 Å². The van der Waals surface area contributed by atoms with E-state index in [-0.39, 0.29) is 18.5 Å². The number of rotatable bonds is 3. The summed E-state index contributed by atoms with van der Waals surface area (Å²) in [6.45, 7) is 0.0638. The molecular weight excluding hydrogens is 296 g/mol. The zero-order valence-electron chi connectivity index (χ0n) is 12.5. The summed E-state index contributed by atoms with van der Waals surface area (Å²) in [4.78, 5) is 26.1. The number of imide groups is 1. The van der Waals surface area contributed by atoms with Gasteiger partial charge in [-0.25, -0.2) is 4.79 Å². The number of carbonyl (C=O) groups excluding carboxylic acids is 2. The number of hydrogen-bond acceptors (Lipinski definition) is 5. The van der Waals surface area contributed by atoms with E-state index in [0.29, 0.717) is 18.7 Å². The molecule has 4 rings (SSSR count). The first kappa shape index (κ1) is 13.9. The van der Waals surface area contributed by atoms with E-state index in [0.717, 1.165) is 18.5 Å². The summed E-state index contributed by atoms with van der Waals surface area (Å²) in [5.41, 5.74) is 0.0809. The lowest BCUT2D eigenvalue weighted by Crippen LogP contribution is -2.44. The maximum absolute atomic E-state index is 12.7. The molecule has 23 heavy (non-hydrogen) atoms. The van der Waals surface area contributed by atoms with Crippen LogP contribution in [0, 0.1) is 0 Å². The third kappa shape index (κ3) is 2.18. The number of carbonyl (C=O) groups is 2. The predicted molar refractivity (Wildman–Crippen MR) is 79.4 cm³/mol. The van der Waals surface area contributed by atoms with Gasteiger partial charge >= 0.3 is 6.03 Å². The van der Waals surface area contributed by atoms with Crippen LogP contribution in [-0.4, -0.2) is 42.6 Å². The molecule has 0 unspecified atom stereocenters. The fourth-order valence-electron chi connectivity index (χ4n) is 3.35. The zero-order valence-corrected chi connectivity index (χ0v) is 12.5. The second-order valence-corrected chi connectivity index (χ2v) is 5.95. The minimum absolute atomic E-state index is 0.0638. The Morgan fingerprint density at radius 3 is 2.61 bits per heavy atom. The van der Waals surface area contributed by atoms with Crippen molar-refractivity contribution in [2.24, 2.45) is 0 Å². The Bertz CT molecular complexity index is 750. The van der Waals surface area contributed by atoms with Crippen molar-refractivity contribution in [2.75, 3.05) is 0 Å². The molecule has 3 amide bonds. The maximum Gasteiger partial charge on any atom is 0.325 e. The normalized spacial score (nSPS) is 19.6. The molecule has 0 bridgehead atoms. The third-order valence-electron chi connectivity index (χ3n) is 4.54. The number of nitrogens with one attached hydrogen (secondary N) is 1. The maximum atomic E-state index is 12.7. The molecule has 1 aromatic heterocycles. The van der Waals surface area contributed by atoms with Crippen molar-refractivity contribution in [3.8, 4) is 5.69 Å². The number of hydrogen-bond donors (Lipinski definition) is 1. The van der Waals surface area contributed by atoms with Crippen LogP contribution in [0.3, 0.4) is 0 Å². The van der Waals surface area contributed by atoms with Gasteiger partial charge in [0.2, 0.25) is 0 Å². The Morgan fingerprint density at radius 1 is 1.13 bits per heavy atom. The lowest BCUT2D eigenvalue weighted by atomic mass is 9.98. The highest BCUT2D eigenvalue weighted by Gasteiger charge is 2.52. The van der Waals surface area contributed by atoms with Crippen LogP contribution in [0.2, 0.25) is 0 Å². The van der Waals surface area contributed by atoms with E-state index in [1.165, 1.54) is 4.90 Å². The van der Waals surface area contributed by atoms with Gasteiger partial charge in [0, 0.05) is 0 Å². The SMILES string of the molecule is O=C1NC2(CCCC2)C(=O)N1Cc1nnnn1-c1ccccc1. The zero-order chi connectivity index (χ0) is 15.9. The van der Waals surface area contributed by atoms with Gasteiger partial charge in [-0.1, -0.05) is 31.0 Å². The van der Waals surface area contributed by atoms with Gasteiger partial charge in [-0.2, -0.15) is 4.68 Å². The fourth-order valence-corrected chi connectivity index (χ4v) is 3.35. The van der Waals surface area contributed by atoms with Crippen LogP contribution in [0.1, 0.15) is 31.5 Å². The first-order chi connectivity index (χ1) is 11.2. The van der Waals surface area contributed by atoms with Crippen LogP contribution in [0.4, 0.5) is 4.79 Å². The molecule has 1 saturated carbocycles. The monoisotopic (exact) mass is 312 g/mol. The number of tetrazole rings is 1. The Balaban J connectivity index is 1.61. The van der Waals surface area contributed by atoms with Crippen molar-refractivity contribution in [1.29, 1.82) is 0 Å². The molecule has 1 aliphatic heterocycles. The van der Waals surface area contributed by atoms with Gasteiger partial charge in [-0.15, -0.1) is 5.10 Å². The minimum atomic E-state index is -0.706. The third-order valence-corrected chi connectivity index (χ3v) is 4.54. The molecule has 1 aliphatic carbocycles. The van der Waals surface area contributed by atoms with E-state index in [1.54, 1.807) is 4.68 Å². The van der Waals surface area contributed by atoms with E-state index < -0.39 is 5.54 Å². The summed E-state index contributed by atoms with van der Waals surface area (Å²) in [6, 6.07) is 9.02. The molecule has 1 N–H and O–H groups in total. The molecular formula is C15H16N6O2. The van der Waals surface area contributed by atoms with Gasteiger partial charge in [-0.3, -0.25) is 9.69 Å². The Morgan fingerprint density at radius 2 is 1.87 bits per heavy atom. The molecule has 2 heterocycles. The summed E-state index contributed by atoms with van der Waals surface area (Å²) in [7, 11) is 0. The van der Waals surface area contributed by atoms with Crippen LogP contribution in [0.25, 0.3) is 5.69 Å². The smallest absolute Gasteiger partial charge is 0.323 e. The molecule has 1 aromatic carbocycles. The van der Waals surface area contributed by atoms with Gasteiger partial charge in [-0.05, 0) is 35.4 Å². The first-order valence-electron chi connectivity index (χ1n) is 7.66. The number of aromatic nitrogens is 4. The van der Waals surface area contributed by atoms with E-state index in [2.05, 4.69) is 20.8 Å². The Labute approximate surface area is 132 Å². The molecule has 2 fully saturated rings. The number of amides is 3. The summed E-state index contributed by atoms with van der Waals surface area (Å²) in [5, 5.41) is 14.5. The van der Waals surface area contributed by atoms with Crippen LogP contribution in [0.5, 0.6) is 0 Å². The minimum Gasteiger partial charge on any atom is -0.323 e. The van der Waals surface area contributed by atoms with E-state index in [4.69, 9.17) is 0 Å². The predicted octanol–water partition coefficient (Wildman–Crippen LogP) is 1.03. The lowest BCUT2D eigenvalue weighted by Gasteiger charge is -2.19. The Kier molecular flexibility index (Phi) is 3.10. The molecule has 1 saturated heterocycles. The molecule has 8 heteroatoms. The molecule has 0 atom stereocenters. The number of nitrogens with zero attached hydrogens (tertiary/aromatic N) is 5. The number of benzene rings is 1. The van der Waals surface area contributed by atoms with Crippen LogP contribution >= 0.6 is 0 Å². The highest BCUT2D eigenvalue weighted by molar-refractivity contribution is 6.07. The van der Waals surface area contributed by atoms with Gasteiger partial charge in [0.15, 0.2) is 5.82 Å². The first-order valence-corrected chi connectivity index (χ1v) is 7.66. The highest BCUT2D eigenvalue weighted by Crippen LogP contribution is 2.35. The van der Waals surface area contributed by atoms with Crippen molar-refractivity contribution in [3.05, 3.63) is 36.2 Å². The molecule has 0 radical (unpaired) electrons. The molecule has 118 valence electrons. The van der Waals surface area contributed by atoms with Gasteiger partial charge in [0.1, 0.15) is 5.54 Å².